The molecule has 0 saturated heterocycles. The number of anilines is 1. The van der Waals surface area contributed by atoms with Crippen molar-refractivity contribution in [1.82, 2.24) is 4.98 Å². The van der Waals surface area contributed by atoms with Crippen LogP contribution in [0.25, 0.3) is 0 Å². The van der Waals surface area contributed by atoms with E-state index in [0.29, 0.717) is 3.57 Å². The van der Waals surface area contributed by atoms with Gasteiger partial charge in [-0.2, -0.15) is 5.26 Å². The van der Waals surface area contributed by atoms with Gasteiger partial charge in [-0.25, -0.2) is 14.7 Å². The fraction of sp³-hybridized carbons (Fsp3) is 0.529. The summed E-state index contributed by atoms with van der Waals surface area (Å²) in [7, 11) is 0. The molecule has 1 heterocycles. The standard InChI is InChI=1S/C17H22IN3O4/c1-16(2,3)24-13(22)10-21(15(23)25-17(4,5)6)14-11(9-19)12(18)7-8-20-14/h7-8H,10H2,1-6H3. The number of nitriles is 1. The van der Waals surface area contributed by atoms with E-state index in [4.69, 9.17) is 9.47 Å². The van der Waals surface area contributed by atoms with Crippen LogP contribution in [0.15, 0.2) is 12.3 Å². The molecule has 25 heavy (non-hydrogen) atoms. The molecule has 0 radical (unpaired) electrons. The van der Waals surface area contributed by atoms with Crippen molar-refractivity contribution in [2.45, 2.75) is 52.7 Å². The number of hydrogen-bond acceptors (Lipinski definition) is 6. The van der Waals surface area contributed by atoms with E-state index in [9.17, 15) is 14.9 Å². The first-order valence-corrected chi connectivity index (χ1v) is 8.69. The van der Waals surface area contributed by atoms with Crippen molar-refractivity contribution in [3.05, 3.63) is 21.4 Å². The average molecular weight is 459 g/mol. The number of amides is 1. The summed E-state index contributed by atoms with van der Waals surface area (Å²) in [5.41, 5.74) is -1.27. The maximum Gasteiger partial charge on any atom is 0.416 e. The number of rotatable bonds is 3. The molecular weight excluding hydrogens is 437 g/mol. The molecule has 1 rings (SSSR count). The van der Waals surface area contributed by atoms with Crippen LogP contribution < -0.4 is 4.90 Å². The van der Waals surface area contributed by atoms with E-state index in [1.807, 2.05) is 28.7 Å². The Bertz CT molecular complexity index is 699. The molecule has 0 aliphatic rings. The summed E-state index contributed by atoms with van der Waals surface area (Å²) in [5, 5.41) is 9.39. The van der Waals surface area contributed by atoms with Gasteiger partial charge in [-0.3, -0.25) is 4.79 Å². The van der Waals surface area contributed by atoms with Crippen LogP contribution in [0, 0.1) is 14.9 Å². The van der Waals surface area contributed by atoms with Gasteiger partial charge in [0, 0.05) is 9.77 Å². The normalized spacial score (nSPS) is 11.4. The molecule has 0 unspecified atom stereocenters. The largest absolute Gasteiger partial charge is 0.459 e. The topological polar surface area (TPSA) is 92.5 Å². The van der Waals surface area contributed by atoms with E-state index >= 15 is 0 Å². The van der Waals surface area contributed by atoms with Gasteiger partial charge < -0.3 is 9.47 Å². The Hall–Kier alpha value is -1.89. The average Bonchev–Trinajstić information content (AvgIpc) is 2.40. The first-order chi connectivity index (χ1) is 11.3. The van der Waals surface area contributed by atoms with Crippen molar-refractivity contribution in [3.63, 3.8) is 0 Å². The number of ether oxygens (including phenoxy) is 2. The first-order valence-electron chi connectivity index (χ1n) is 7.61. The molecule has 0 aromatic carbocycles. The predicted molar refractivity (Wildman–Crippen MR) is 101 cm³/mol. The van der Waals surface area contributed by atoms with Crippen LogP contribution in [-0.2, 0) is 14.3 Å². The summed E-state index contributed by atoms with van der Waals surface area (Å²) in [6, 6.07) is 3.65. The van der Waals surface area contributed by atoms with Crippen molar-refractivity contribution < 1.29 is 19.1 Å². The number of hydrogen-bond donors (Lipinski definition) is 0. The third-order valence-electron chi connectivity index (χ3n) is 2.57. The maximum atomic E-state index is 12.6. The molecule has 0 aliphatic carbocycles. The zero-order valence-corrected chi connectivity index (χ0v) is 17.4. The second-order valence-electron chi connectivity index (χ2n) is 7.26. The summed E-state index contributed by atoms with van der Waals surface area (Å²) in [6.07, 6.45) is 0.689. The maximum absolute atomic E-state index is 12.6. The highest BCUT2D eigenvalue weighted by Gasteiger charge is 2.30. The van der Waals surface area contributed by atoms with Gasteiger partial charge in [-0.05, 0) is 70.2 Å². The van der Waals surface area contributed by atoms with Gasteiger partial charge >= 0.3 is 12.1 Å². The monoisotopic (exact) mass is 459 g/mol. The predicted octanol–water partition coefficient (Wildman–Crippen LogP) is 3.64. The van der Waals surface area contributed by atoms with Gasteiger partial charge in [0.25, 0.3) is 0 Å². The fourth-order valence-corrected chi connectivity index (χ4v) is 2.30. The summed E-state index contributed by atoms with van der Waals surface area (Å²) in [5.74, 6) is -0.558. The number of halogens is 1. The van der Waals surface area contributed by atoms with E-state index in [-0.39, 0.29) is 11.4 Å². The van der Waals surface area contributed by atoms with Crippen molar-refractivity contribution in [3.8, 4) is 6.07 Å². The van der Waals surface area contributed by atoms with E-state index in [0.717, 1.165) is 4.90 Å². The molecule has 0 spiro atoms. The lowest BCUT2D eigenvalue weighted by Crippen LogP contribution is -2.42. The van der Waals surface area contributed by atoms with Crippen LogP contribution in [0.3, 0.4) is 0 Å². The second-order valence-corrected chi connectivity index (χ2v) is 8.42. The van der Waals surface area contributed by atoms with E-state index in [1.165, 1.54) is 6.20 Å². The number of carbonyl (C=O) groups excluding carboxylic acids is 2. The molecule has 136 valence electrons. The summed E-state index contributed by atoms with van der Waals surface area (Å²) in [4.78, 5) is 29.9. The molecule has 0 aliphatic heterocycles. The molecule has 1 aromatic rings. The Morgan fingerprint density at radius 1 is 1.20 bits per heavy atom. The molecule has 0 N–H and O–H groups in total. The van der Waals surface area contributed by atoms with Gasteiger partial charge in [0.15, 0.2) is 5.82 Å². The van der Waals surface area contributed by atoms with Crippen LogP contribution in [0.2, 0.25) is 0 Å². The summed E-state index contributed by atoms with van der Waals surface area (Å²) >= 11 is 1.97. The Balaban J connectivity index is 3.25. The van der Waals surface area contributed by atoms with E-state index in [2.05, 4.69) is 4.98 Å². The van der Waals surface area contributed by atoms with E-state index in [1.54, 1.807) is 47.6 Å². The number of carbonyl (C=O) groups is 2. The summed E-state index contributed by atoms with van der Waals surface area (Å²) in [6.45, 7) is 9.92. The number of aromatic nitrogens is 1. The Kier molecular flexibility index (Phi) is 6.76. The van der Waals surface area contributed by atoms with Crippen molar-refractivity contribution >= 4 is 40.5 Å². The number of esters is 1. The van der Waals surface area contributed by atoms with E-state index < -0.39 is 29.8 Å². The Morgan fingerprint density at radius 2 is 1.76 bits per heavy atom. The van der Waals surface area contributed by atoms with Gasteiger partial charge in [0.1, 0.15) is 29.4 Å². The third-order valence-corrected chi connectivity index (χ3v) is 3.47. The SMILES string of the molecule is CC(C)(C)OC(=O)CN(C(=O)OC(C)(C)C)c1nccc(I)c1C#N. The zero-order valence-electron chi connectivity index (χ0n) is 15.2. The number of pyridine rings is 1. The van der Waals surface area contributed by atoms with Crippen molar-refractivity contribution in [2.24, 2.45) is 0 Å². The highest BCUT2D eigenvalue weighted by Crippen LogP contribution is 2.24. The minimum absolute atomic E-state index is 0.0644. The molecule has 8 heteroatoms. The van der Waals surface area contributed by atoms with Crippen LogP contribution in [-0.4, -0.2) is 34.8 Å². The summed E-state index contributed by atoms with van der Waals surface area (Å²) < 4.78 is 11.2. The van der Waals surface area contributed by atoms with Crippen LogP contribution in [0.4, 0.5) is 10.6 Å². The van der Waals surface area contributed by atoms with Gasteiger partial charge in [-0.1, -0.05) is 0 Å². The lowest BCUT2D eigenvalue weighted by Gasteiger charge is -2.28. The first kappa shape index (κ1) is 21.2. The molecule has 0 atom stereocenters. The van der Waals surface area contributed by atoms with Gasteiger partial charge in [0.2, 0.25) is 0 Å². The molecule has 0 saturated carbocycles. The minimum Gasteiger partial charge on any atom is -0.459 e. The van der Waals surface area contributed by atoms with Crippen molar-refractivity contribution in [2.75, 3.05) is 11.4 Å². The van der Waals surface area contributed by atoms with Gasteiger partial charge in [0.05, 0.1) is 0 Å². The highest BCUT2D eigenvalue weighted by atomic mass is 127. The molecule has 7 nitrogen and oxygen atoms in total. The van der Waals surface area contributed by atoms with Crippen molar-refractivity contribution in [1.29, 1.82) is 5.26 Å². The lowest BCUT2D eigenvalue weighted by molar-refractivity contribution is -0.153. The second kappa shape index (κ2) is 7.99. The lowest BCUT2D eigenvalue weighted by atomic mass is 10.2. The minimum atomic E-state index is -0.774. The quantitative estimate of drug-likeness (QED) is 0.506. The molecule has 1 amide bonds. The molecule has 0 bridgehead atoms. The highest BCUT2D eigenvalue weighted by molar-refractivity contribution is 14.1. The fourth-order valence-electron chi connectivity index (χ4n) is 1.78. The Morgan fingerprint density at radius 3 is 2.24 bits per heavy atom. The van der Waals surface area contributed by atoms with Crippen LogP contribution in [0.5, 0.6) is 0 Å². The molecule has 1 aromatic heterocycles. The van der Waals surface area contributed by atoms with Crippen LogP contribution >= 0.6 is 22.6 Å². The zero-order chi connectivity index (χ0) is 19.4. The number of nitrogens with zero attached hydrogens (tertiary/aromatic N) is 3. The van der Waals surface area contributed by atoms with Gasteiger partial charge in [-0.15, -0.1) is 0 Å². The van der Waals surface area contributed by atoms with Crippen LogP contribution in [0.1, 0.15) is 47.1 Å². The molecular formula is C17H22IN3O4. The Labute approximate surface area is 161 Å². The third kappa shape index (κ3) is 6.86. The smallest absolute Gasteiger partial charge is 0.416 e. The molecule has 0 fully saturated rings.